The van der Waals surface area contributed by atoms with Crippen LogP contribution in [0.5, 0.6) is 0 Å². The van der Waals surface area contributed by atoms with Crippen LogP contribution in [0.25, 0.3) is 0 Å². The first kappa shape index (κ1) is 15.6. The van der Waals surface area contributed by atoms with Crippen molar-refractivity contribution in [2.24, 2.45) is 0 Å². The first-order valence-electron chi connectivity index (χ1n) is 7.47. The molecular weight excluding hydrogens is 316 g/mol. The highest BCUT2D eigenvalue weighted by atomic mass is 32.2. The minimum absolute atomic E-state index is 0.0925. The van der Waals surface area contributed by atoms with E-state index < -0.39 is 10.0 Å². The minimum Gasteiger partial charge on any atom is -0.249 e. The second-order valence-electron chi connectivity index (χ2n) is 5.79. The molecule has 0 unspecified atom stereocenters. The number of rotatable bonds is 4. The number of sulfonamides is 1. The third-order valence-electron chi connectivity index (χ3n) is 4.12. The number of thiazole rings is 1. The predicted octanol–water partition coefficient (Wildman–Crippen LogP) is 3.16. The number of aromatic nitrogens is 1. The molecule has 118 valence electrons. The van der Waals surface area contributed by atoms with Crippen LogP contribution in [-0.2, 0) is 15.8 Å². The summed E-state index contributed by atoms with van der Waals surface area (Å²) < 4.78 is 26.7. The third-order valence-corrected chi connectivity index (χ3v) is 6.91. The topological polar surface area (TPSA) is 50.3 Å². The van der Waals surface area contributed by atoms with Crippen LogP contribution in [0.3, 0.4) is 0 Å². The zero-order valence-corrected chi connectivity index (χ0v) is 14.2. The fourth-order valence-electron chi connectivity index (χ4n) is 2.80. The summed E-state index contributed by atoms with van der Waals surface area (Å²) in [5.74, 6) is 0.501. The number of benzene rings is 1. The number of aryl methyl sites for hydroxylation is 1. The Balaban J connectivity index is 1.63. The van der Waals surface area contributed by atoms with Gasteiger partial charge in [0.2, 0.25) is 10.0 Å². The standard InChI is InChI=1S/C16H20N2O2S2/c1-13-2-4-14(5-3-13)12-22(19,20)18-9-6-15(7-10-18)16-17-8-11-21-16/h2-5,8,11,15H,6-7,9-10,12H2,1H3. The average Bonchev–Trinajstić information content (AvgIpc) is 3.04. The molecule has 2 heterocycles. The van der Waals surface area contributed by atoms with Crippen LogP contribution in [0.2, 0.25) is 0 Å². The van der Waals surface area contributed by atoms with E-state index in [0.717, 1.165) is 29.0 Å². The molecule has 3 rings (SSSR count). The van der Waals surface area contributed by atoms with Gasteiger partial charge in [0.15, 0.2) is 0 Å². The lowest BCUT2D eigenvalue weighted by molar-refractivity contribution is 0.319. The molecule has 0 amide bonds. The molecule has 1 aliphatic heterocycles. The number of piperidine rings is 1. The van der Waals surface area contributed by atoms with Gasteiger partial charge in [0, 0.05) is 30.6 Å². The Labute approximate surface area is 135 Å². The summed E-state index contributed by atoms with van der Waals surface area (Å²) in [7, 11) is -3.23. The quantitative estimate of drug-likeness (QED) is 0.862. The highest BCUT2D eigenvalue weighted by Crippen LogP contribution is 2.30. The van der Waals surface area contributed by atoms with Crippen molar-refractivity contribution in [2.75, 3.05) is 13.1 Å². The van der Waals surface area contributed by atoms with Gasteiger partial charge in [0.1, 0.15) is 0 Å². The van der Waals surface area contributed by atoms with E-state index in [-0.39, 0.29) is 5.75 Å². The minimum atomic E-state index is -3.23. The van der Waals surface area contributed by atoms with Crippen molar-refractivity contribution in [1.82, 2.24) is 9.29 Å². The second kappa shape index (κ2) is 6.48. The van der Waals surface area contributed by atoms with Gasteiger partial charge in [-0.2, -0.15) is 0 Å². The molecule has 0 spiro atoms. The van der Waals surface area contributed by atoms with Crippen molar-refractivity contribution in [3.05, 3.63) is 52.0 Å². The molecule has 4 nitrogen and oxygen atoms in total. The third kappa shape index (κ3) is 3.56. The van der Waals surface area contributed by atoms with Crippen molar-refractivity contribution in [3.8, 4) is 0 Å². The van der Waals surface area contributed by atoms with Crippen LogP contribution in [-0.4, -0.2) is 30.8 Å². The molecule has 1 aromatic carbocycles. The van der Waals surface area contributed by atoms with E-state index in [2.05, 4.69) is 4.98 Å². The number of nitrogens with zero attached hydrogens (tertiary/aromatic N) is 2. The van der Waals surface area contributed by atoms with Gasteiger partial charge in [0.25, 0.3) is 0 Å². The monoisotopic (exact) mass is 336 g/mol. The number of hydrogen-bond acceptors (Lipinski definition) is 4. The molecule has 1 fully saturated rings. The predicted molar refractivity (Wildman–Crippen MR) is 89.5 cm³/mol. The van der Waals surface area contributed by atoms with Crippen LogP contribution >= 0.6 is 11.3 Å². The van der Waals surface area contributed by atoms with Gasteiger partial charge in [0.05, 0.1) is 10.8 Å². The maximum Gasteiger partial charge on any atom is 0.218 e. The molecule has 0 bridgehead atoms. The van der Waals surface area contributed by atoms with E-state index in [9.17, 15) is 8.42 Å². The lowest BCUT2D eigenvalue weighted by atomic mass is 9.99. The molecule has 0 aliphatic carbocycles. The van der Waals surface area contributed by atoms with E-state index in [1.807, 2.05) is 42.8 Å². The Morgan fingerprint density at radius 1 is 1.23 bits per heavy atom. The molecule has 1 aliphatic rings. The summed E-state index contributed by atoms with van der Waals surface area (Å²) in [5.41, 5.74) is 2.00. The molecule has 0 radical (unpaired) electrons. The van der Waals surface area contributed by atoms with Crippen LogP contribution < -0.4 is 0 Å². The van der Waals surface area contributed by atoms with Gasteiger partial charge in [-0.05, 0) is 25.3 Å². The Morgan fingerprint density at radius 3 is 2.50 bits per heavy atom. The average molecular weight is 336 g/mol. The van der Waals surface area contributed by atoms with Gasteiger partial charge >= 0.3 is 0 Å². The Kier molecular flexibility index (Phi) is 4.61. The van der Waals surface area contributed by atoms with Crippen molar-refractivity contribution in [1.29, 1.82) is 0 Å². The smallest absolute Gasteiger partial charge is 0.218 e. The summed E-state index contributed by atoms with van der Waals surface area (Å²) >= 11 is 1.66. The molecule has 1 aromatic heterocycles. The first-order chi connectivity index (χ1) is 10.5. The molecular formula is C16H20N2O2S2. The lowest BCUT2D eigenvalue weighted by Crippen LogP contribution is -2.38. The van der Waals surface area contributed by atoms with Gasteiger partial charge in [-0.1, -0.05) is 29.8 Å². The van der Waals surface area contributed by atoms with E-state index in [1.165, 1.54) is 0 Å². The van der Waals surface area contributed by atoms with Crippen molar-refractivity contribution >= 4 is 21.4 Å². The van der Waals surface area contributed by atoms with Gasteiger partial charge in [-0.15, -0.1) is 11.3 Å². The van der Waals surface area contributed by atoms with E-state index in [0.29, 0.717) is 19.0 Å². The highest BCUT2D eigenvalue weighted by Gasteiger charge is 2.29. The molecule has 1 saturated heterocycles. The van der Waals surface area contributed by atoms with E-state index >= 15 is 0 Å². The molecule has 0 N–H and O–H groups in total. The number of hydrogen-bond donors (Lipinski definition) is 0. The fraction of sp³-hybridized carbons (Fsp3) is 0.438. The zero-order chi connectivity index (χ0) is 15.6. The summed E-state index contributed by atoms with van der Waals surface area (Å²) in [6.07, 6.45) is 3.54. The SMILES string of the molecule is Cc1ccc(CS(=O)(=O)N2CCC(c3nccs3)CC2)cc1. The zero-order valence-electron chi connectivity index (χ0n) is 12.6. The Hall–Kier alpha value is -1.24. The Bertz CT molecular complexity index is 701. The second-order valence-corrected chi connectivity index (χ2v) is 8.68. The first-order valence-corrected chi connectivity index (χ1v) is 9.96. The van der Waals surface area contributed by atoms with E-state index in [1.54, 1.807) is 15.6 Å². The highest BCUT2D eigenvalue weighted by molar-refractivity contribution is 7.88. The maximum absolute atomic E-state index is 12.5. The summed E-state index contributed by atoms with van der Waals surface area (Å²) in [5, 5.41) is 3.12. The van der Waals surface area contributed by atoms with E-state index in [4.69, 9.17) is 0 Å². The Morgan fingerprint density at radius 2 is 1.91 bits per heavy atom. The van der Waals surface area contributed by atoms with Crippen molar-refractivity contribution in [2.45, 2.75) is 31.4 Å². The maximum atomic E-state index is 12.5. The van der Waals surface area contributed by atoms with Gasteiger partial charge < -0.3 is 0 Å². The van der Waals surface area contributed by atoms with Crippen LogP contribution in [0, 0.1) is 6.92 Å². The summed E-state index contributed by atoms with van der Waals surface area (Å²) in [4.78, 5) is 4.35. The van der Waals surface area contributed by atoms with Crippen LogP contribution in [0.1, 0.15) is 34.9 Å². The van der Waals surface area contributed by atoms with Gasteiger partial charge in [-0.25, -0.2) is 17.7 Å². The van der Waals surface area contributed by atoms with Gasteiger partial charge in [-0.3, -0.25) is 0 Å². The largest absolute Gasteiger partial charge is 0.249 e. The fourth-order valence-corrected chi connectivity index (χ4v) is 5.18. The molecule has 2 aromatic rings. The molecule has 6 heteroatoms. The molecule has 22 heavy (non-hydrogen) atoms. The van der Waals surface area contributed by atoms with Crippen LogP contribution in [0.4, 0.5) is 0 Å². The summed E-state index contributed by atoms with van der Waals surface area (Å²) in [6, 6.07) is 7.71. The normalized spacial score (nSPS) is 17.7. The van der Waals surface area contributed by atoms with Crippen molar-refractivity contribution < 1.29 is 8.42 Å². The molecule has 0 saturated carbocycles. The van der Waals surface area contributed by atoms with Crippen molar-refractivity contribution in [3.63, 3.8) is 0 Å². The lowest BCUT2D eigenvalue weighted by Gasteiger charge is -2.30. The summed E-state index contributed by atoms with van der Waals surface area (Å²) in [6.45, 7) is 3.19. The molecule has 0 atom stereocenters. The van der Waals surface area contributed by atoms with Crippen LogP contribution in [0.15, 0.2) is 35.8 Å².